The summed E-state index contributed by atoms with van der Waals surface area (Å²) in [5.74, 6) is 0. The third-order valence-electron chi connectivity index (χ3n) is 4.42. The summed E-state index contributed by atoms with van der Waals surface area (Å²) in [6, 6.07) is 19.5. The van der Waals surface area contributed by atoms with Crippen molar-refractivity contribution >= 4 is 11.2 Å². The molecule has 1 fully saturated rings. The fraction of sp³-hybridized carbons (Fsp3) is 0.263. The van der Waals surface area contributed by atoms with Gasteiger partial charge < -0.3 is 9.30 Å². The van der Waals surface area contributed by atoms with Crippen molar-refractivity contribution in [1.29, 1.82) is 0 Å². The zero-order valence-electron chi connectivity index (χ0n) is 12.2. The first-order valence-electron chi connectivity index (χ1n) is 7.84. The molecule has 1 aliphatic heterocycles. The predicted octanol–water partition coefficient (Wildman–Crippen LogP) is 4.60. The molecular formula is C19H20N2. The van der Waals surface area contributed by atoms with E-state index in [1.165, 1.54) is 54.8 Å². The lowest BCUT2D eigenvalue weighted by Gasteiger charge is -2.28. The van der Waals surface area contributed by atoms with Gasteiger partial charge in [-0.15, -0.1) is 0 Å². The molecule has 0 N–H and O–H groups in total. The van der Waals surface area contributed by atoms with E-state index in [1.54, 1.807) is 0 Å². The summed E-state index contributed by atoms with van der Waals surface area (Å²) in [7, 11) is 0. The highest BCUT2D eigenvalue weighted by Gasteiger charge is 2.17. The second-order valence-electron chi connectivity index (χ2n) is 5.78. The third kappa shape index (κ3) is 2.21. The zero-order valence-corrected chi connectivity index (χ0v) is 12.2. The molecule has 21 heavy (non-hydrogen) atoms. The van der Waals surface area contributed by atoms with E-state index in [9.17, 15) is 0 Å². The molecule has 0 unspecified atom stereocenters. The number of fused-ring (bicyclic) bond motifs is 1. The van der Waals surface area contributed by atoms with Crippen molar-refractivity contribution < 1.29 is 0 Å². The van der Waals surface area contributed by atoms with E-state index >= 15 is 0 Å². The second-order valence-corrected chi connectivity index (χ2v) is 5.78. The van der Waals surface area contributed by atoms with E-state index < -0.39 is 0 Å². The number of pyridine rings is 1. The summed E-state index contributed by atoms with van der Waals surface area (Å²) >= 11 is 0. The van der Waals surface area contributed by atoms with Crippen LogP contribution in [0.4, 0.5) is 5.69 Å². The van der Waals surface area contributed by atoms with E-state index in [-0.39, 0.29) is 0 Å². The van der Waals surface area contributed by atoms with Gasteiger partial charge in [0, 0.05) is 19.3 Å². The topological polar surface area (TPSA) is 7.65 Å². The van der Waals surface area contributed by atoms with Gasteiger partial charge in [0.05, 0.1) is 16.9 Å². The quantitative estimate of drug-likeness (QED) is 0.664. The Bertz CT molecular complexity index is 737. The van der Waals surface area contributed by atoms with E-state index in [2.05, 4.69) is 70.1 Å². The molecule has 3 heterocycles. The van der Waals surface area contributed by atoms with Crippen LogP contribution in [-0.4, -0.2) is 17.5 Å². The lowest BCUT2D eigenvalue weighted by molar-refractivity contribution is 0.579. The number of hydrogen-bond acceptors (Lipinski definition) is 1. The van der Waals surface area contributed by atoms with Gasteiger partial charge in [0.1, 0.15) is 0 Å². The Labute approximate surface area is 125 Å². The summed E-state index contributed by atoms with van der Waals surface area (Å²) in [4.78, 5) is 2.55. The number of aromatic nitrogens is 1. The average molecular weight is 276 g/mol. The maximum atomic E-state index is 2.55. The van der Waals surface area contributed by atoms with Gasteiger partial charge in [-0.25, -0.2) is 0 Å². The number of anilines is 1. The minimum Gasteiger partial charge on any atom is -0.370 e. The van der Waals surface area contributed by atoms with Crippen molar-refractivity contribution in [2.45, 2.75) is 19.3 Å². The summed E-state index contributed by atoms with van der Waals surface area (Å²) in [5.41, 5.74) is 5.26. The van der Waals surface area contributed by atoms with Crippen LogP contribution in [-0.2, 0) is 0 Å². The van der Waals surface area contributed by atoms with Crippen LogP contribution in [0.2, 0.25) is 0 Å². The van der Waals surface area contributed by atoms with Crippen molar-refractivity contribution in [2.24, 2.45) is 0 Å². The Kier molecular flexibility index (Phi) is 3.15. The lowest BCUT2D eigenvalue weighted by Crippen LogP contribution is -2.29. The average Bonchev–Trinajstić information content (AvgIpc) is 2.96. The van der Waals surface area contributed by atoms with Crippen molar-refractivity contribution in [3.63, 3.8) is 0 Å². The number of piperidine rings is 1. The largest absolute Gasteiger partial charge is 0.370 e. The highest BCUT2D eigenvalue weighted by Crippen LogP contribution is 2.33. The number of benzene rings is 1. The number of hydrogen-bond donors (Lipinski definition) is 0. The molecule has 1 aromatic carbocycles. The molecule has 0 amide bonds. The van der Waals surface area contributed by atoms with Crippen molar-refractivity contribution in [3.8, 4) is 11.3 Å². The molecule has 1 saturated heterocycles. The summed E-state index contributed by atoms with van der Waals surface area (Å²) in [5, 5.41) is 0. The monoisotopic (exact) mass is 276 g/mol. The molecule has 3 aromatic rings. The van der Waals surface area contributed by atoms with Crippen LogP contribution in [0.1, 0.15) is 19.3 Å². The van der Waals surface area contributed by atoms with Gasteiger partial charge in [0.15, 0.2) is 0 Å². The Balaban J connectivity index is 1.88. The number of nitrogens with zero attached hydrogens (tertiary/aromatic N) is 2. The molecule has 0 radical (unpaired) electrons. The highest BCUT2D eigenvalue weighted by molar-refractivity contribution is 5.82. The van der Waals surface area contributed by atoms with Crippen LogP contribution in [0.15, 0.2) is 60.8 Å². The minimum atomic E-state index is 1.18. The maximum Gasteiger partial charge on any atom is 0.0690 e. The molecule has 2 nitrogen and oxygen atoms in total. The molecule has 0 aliphatic carbocycles. The second kappa shape index (κ2) is 5.28. The van der Waals surface area contributed by atoms with Gasteiger partial charge in [-0.05, 0) is 43.0 Å². The van der Waals surface area contributed by atoms with Gasteiger partial charge in [-0.3, -0.25) is 0 Å². The fourth-order valence-electron chi connectivity index (χ4n) is 3.35. The first kappa shape index (κ1) is 12.5. The van der Waals surface area contributed by atoms with Crippen molar-refractivity contribution in [3.05, 3.63) is 60.8 Å². The molecule has 0 spiro atoms. The standard InChI is InChI=1S/C19H20N2/c1-3-9-16(10-4-1)18-15-19(20-12-6-2-7-13-20)17-11-5-8-14-21(17)18/h1,3-5,8-11,14-15H,2,6-7,12-13H2. The smallest absolute Gasteiger partial charge is 0.0690 e. The van der Waals surface area contributed by atoms with Gasteiger partial charge in [0.25, 0.3) is 0 Å². The van der Waals surface area contributed by atoms with Crippen molar-refractivity contribution in [1.82, 2.24) is 4.40 Å². The highest BCUT2D eigenvalue weighted by atomic mass is 15.2. The molecule has 4 rings (SSSR count). The lowest BCUT2D eigenvalue weighted by atomic mass is 10.1. The molecular weight excluding hydrogens is 256 g/mol. The molecule has 2 heteroatoms. The number of rotatable bonds is 2. The summed E-state index contributed by atoms with van der Waals surface area (Å²) in [6.45, 7) is 2.37. The molecule has 1 aliphatic rings. The third-order valence-corrected chi connectivity index (χ3v) is 4.42. The Morgan fingerprint density at radius 2 is 1.52 bits per heavy atom. The van der Waals surface area contributed by atoms with Crippen molar-refractivity contribution in [2.75, 3.05) is 18.0 Å². The van der Waals surface area contributed by atoms with Gasteiger partial charge in [-0.2, -0.15) is 0 Å². The van der Waals surface area contributed by atoms with E-state index in [0.717, 1.165) is 0 Å². The molecule has 0 saturated carbocycles. The summed E-state index contributed by atoms with van der Waals surface area (Å²) in [6.07, 6.45) is 6.16. The minimum absolute atomic E-state index is 1.18. The predicted molar refractivity (Wildman–Crippen MR) is 88.9 cm³/mol. The fourth-order valence-corrected chi connectivity index (χ4v) is 3.35. The normalized spacial score (nSPS) is 15.5. The Morgan fingerprint density at radius 3 is 2.33 bits per heavy atom. The molecule has 0 bridgehead atoms. The van der Waals surface area contributed by atoms with Gasteiger partial charge in [0.2, 0.25) is 0 Å². The van der Waals surface area contributed by atoms with E-state index in [0.29, 0.717) is 0 Å². The maximum absolute atomic E-state index is 2.55. The molecule has 2 aromatic heterocycles. The first-order valence-corrected chi connectivity index (χ1v) is 7.84. The van der Waals surface area contributed by atoms with Crippen LogP contribution in [0.5, 0.6) is 0 Å². The van der Waals surface area contributed by atoms with E-state index in [1.807, 2.05) is 0 Å². The van der Waals surface area contributed by atoms with Crippen LogP contribution in [0.25, 0.3) is 16.8 Å². The van der Waals surface area contributed by atoms with Gasteiger partial charge in [-0.1, -0.05) is 36.4 Å². The zero-order chi connectivity index (χ0) is 14.1. The van der Waals surface area contributed by atoms with Crippen LogP contribution in [0.3, 0.4) is 0 Å². The van der Waals surface area contributed by atoms with E-state index in [4.69, 9.17) is 0 Å². The Hall–Kier alpha value is -2.22. The van der Waals surface area contributed by atoms with Gasteiger partial charge >= 0.3 is 0 Å². The van der Waals surface area contributed by atoms with Crippen LogP contribution >= 0.6 is 0 Å². The SMILES string of the molecule is c1ccc(-c2cc(N3CCCCC3)c3ccccn23)cc1. The summed E-state index contributed by atoms with van der Waals surface area (Å²) < 4.78 is 2.32. The molecule has 0 atom stereocenters. The van der Waals surface area contributed by atoms with Crippen LogP contribution in [0, 0.1) is 0 Å². The first-order chi connectivity index (χ1) is 10.4. The Morgan fingerprint density at radius 1 is 0.762 bits per heavy atom. The molecule has 106 valence electrons. The van der Waals surface area contributed by atoms with Crippen LogP contribution < -0.4 is 4.90 Å².